The minimum atomic E-state index is 0.825. The van der Waals surface area contributed by atoms with Crippen molar-refractivity contribution >= 4 is 58.0 Å². The van der Waals surface area contributed by atoms with Crippen molar-refractivity contribution in [2.45, 2.75) is 82.3 Å². The molecule has 0 aromatic carbocycles. The summed E-state index contributed by atoms with van der Waals surface area (Å²) in [6.45, 7) is 4.51. The fourth-order valence-corrected chi connectivity index (χ4v) is 9.14. The van der Waals surface area contributed by atoms with Gasteiger partial charge in [0, 0.05) is 29.3 Å². The van der Waals surface area contributed by atoms with Gasteiger partial charge >= 0.3 is 0 Å². The maximum absolute atomic E-state index is 9.49. The smallest absolute Gasteiger partial charge is 0.110 e. The number of rotatable bonds is 13. The summed E-state index contributed by atoms with van der Waals surface area (Å²) < 4.78 is 1.11. The molecule has 4 aromatic rings. The van der Waals surface area contributed by atoms with E-state index in [-0.39, 0.29) is 0 Å². The molecule has 0 amide bonds. The molecule has 6 heteroatoms. The second-order valence-corrected chi connectivity index (χ2v) is 14.0. The first-order chi connectivity index (χ1) is 17.1. The van der Waals surface area contributed by atoms with Crippen LogP contribution in [-0.2, 0) is 12.8 Å². The summed E-state index contributed by atoms with van der Waals surface area (Å²) >= 11 is 11.9. The highest BCUT2D eigenvalue weighted by Crippen LogP contribution is 2.45. The van der Waals surface area contributed by atoms with Crippen LogP contribution in [0.4, 0.5) is 0 Å². The van der Waals surface area contributed by atoms with Crippen LogP contribution in [0.25, 0.3) is 29.3 Å². The average molecular weight is 556 g/mol. The van der Waals surface area contributed by atoms with Gasteiger partial charge in [-0.1, -0.05) is 52.4 Å². The molecule has 0 saturated heterocycles. The fourth-order valence-electron chi connectivity index (χ4n) is 4.36. The van der Waals surface area contributed by atoms with Crippen LogP contribution in [0.3, 0.4) is 0 Å². The van der Waals surface area contributed by atoms with Gasteiger partial charge in [0.2, 0.25) is 0 Å². The molecule has 4 rings (SSSR count). The van der Waals surface area contributed by atoms with Gasteiger partial charge < -0.3 is 0 Å². The lowest BCUT2D eigenvalue weighted by molar-refractivity contribution is 0.668. The van der Waals surface area contributed by atoms with E-state index < -0.39 is 0 Å². The Kier molecular flexibility index (Phi) is 10.1. The lowest BCUT2D eigenvalue weighted by atomic mass is 10.1. The third-order valence-electron chi connectivity index (χ3n) is 6.22. The van der Waals surface area contributed by atoms with Crippen molar-refractivity contribution < 1.29 is 0 Å². The molecule has 184 valence electrons. The summed E-state index contributed by atoms with van der Waals surface area (Å²) in [5.41, 5.74) is 2.79. The molecule has 4 heterocycles. The van der Waals surface area contributed by atoms with Crippen LogP contribution in [0.2, 0.25) is 0 Å². The highest BCUT2D eigenvalue weighted by atomic mass is 32.2. The summed E-state index contributed by atoms with van der Waals surface area (Å²) in [7, 11) is 0. The molecule has 0 aliphatic rings. The maximum Gasteiger partial charge on any atom is 0.110 e. The number of hydrogen-bond acceptors (Lipinski definition) is 6. The minimum Gasteiger partial charge on any atom is -0.192 e. The van der Waals surface area contributed by atoms with E-state index in [4.69, 9.17) is 0 Å². The Morgan fingerprint density at radius 2 is 1.17 bits per heavy atom. The van der Waals surface area contributed by atoms with E-state index in [0.29, 0.717) is 0 Å². The highest BCUT2D eigenvalue weighted by Gasteiger charge is 2.16. The van der Waals surface area contributed by atoms with Crippen LogP contribution < -0.4 is 0 Å². The van der Waals surface area contributed by atoms with E-state index in [9.17, 15) is 5.26 Å². The van der Waals surface area contributed by atoms with Gasteiger partial charge in [0.15, 0.2) is 0 Å². The minimum absolute atomic E-state index is 0.825. The van der Waals surface area contributed by atoms with E-state index in [1.54, 1.807) is 11.3 Å². The zero-order valence-corrected chi connectivity index (χ0v) is 24.7. The van der Waals surface area contributed by atoms with Crippen LogP contribution in [0.1, 0.15) is 81.2 Å². The first-order valence-corrected chi connectivity index (χ1v) is 16.4. The molecule has 0 aliphatic carbocycles. The third-order valence-corrected chi connectivity index (χ3v) is 11.4. The summed E-state index contributed by atoms with van der Waals surface area (Å²) in [6.07, 6.45) is 12.3. The monoisotopic (exact) mass is 555 g/mol. The Morgan fingerprint density at radius 1 is 0.657 bits per heavy atom. The molecule has 35 heavy (non-hydrogen) atoms. The van der Waals surface area contributed by atoms with Crippen molar-refractivity contribution in [3.63, 3.8) is 0 Å². The molecular formula is C29H33NS5. The summed E-state index contributed by atoms with van der Waals surface area (Å²) in [4.78, 5) is 8.79. The van der Waals surface area contributed by atoms with Gasteiger partial charge in [-0.15, -0.1) is 58.0 Å². The quantitative estimate of drug-likeness (QED) is 0.129. The van der Waals surface area contributed by atoms with E-state index >= 15 is 0 Å². The van der Waals surface area contributed by atoms with Gasteiger partial charge in [-0.3, -0.25) is 0 Å². The first kappa shape index (κ1) is 26.7. The number of nitrogens with zero attached hydrogens (tertiary/aromatic N) is 1. The van der Waals surface area contributed by atoms with Gasteiger partial charge in [0.1, 0.15) is 10.9 Å². The number of hydrogen-bond donors (Lipinski definition) is 1. The molecule has 0 N–H and O–H groups in total. The van der Waals surface area contributed by atoms with E-state index in [1.165, 1.54) is 91.8 Å². The van der Waals surface area contributed by atoms with Gasteiger partial charge in [-0.25, -0.2) is 0 Å². The van der Waals surface area contributed by atoms with Gasteiger partial charge in [-0.2, -0.15) is 5.26 Å². The molecule has 1 nitrogen and oxygen atoms in total. The van der Waals surface area contributed by atoms with Crippen molar-refractivity contribution in [3.05, 3.63) is 52.4 Å². The zero-order valence-electron chi connectivity index (χ0n) is 20.6. The normalized spacial score (nSPS) is 11.3. The van der Waals surface area contributed by atoms with Crippen LogP contribution >= 0.6 is 58.0 Å². The van der Waals surface area contributed by atoms with Crippen LogP contribution in [0, 0.1) is 11.3 Å². The van der Waals surface area contributed by atoms with Crippen LogP contribution in [-0.4, -0.2) is 0 Å². The van der Waals surface area contributed by atoms with Gasteiger partial charge in [0.25, 0.3) is 0 Å². The van der Waals surface area contributed by atoms with E-state index in [2.05, 4.69) is 68.9 Å². The zero-order chi connectivity index (χ0) is 24.6. The highest BCUT2D eigenvalue weighted by molar-refractivity contribution is 7.83. The van der Waals surface area contributed by atoms with Crippen molar-refractivity contribution in [3.8, 4) is 35.3 Å². The number of thiol groups is 1. The molecule has 0 saturated carbocycles. The van der Waals surface area contributed by atoms with E-state index in [0.717, 1.165) is 21.9 Å². The Labute approximate surface area is 231 Å². The van der Waals surface area contributed by atoms with Crippen molar-refractivity contribution in [1.29, 1.82) is 5.26 Å². The molecule has 0 radical (unpaired) electrons. The Bertz CT molecular complexity index is 1260. The molecule has 4 aromatic heterocycles. The van der Waals surface area contributed by atoms with Crippen molar-refractivity contribution in [2.75, 3.05) is 0 Å². The molecule has 0 fully saturated rings. The number of aryl methyl sites for hydroxylation is 2. The number of unbranched alkanes of at least 4 members (excludes halogenated alkanes) is 6. The maximum atomic E-state index is 9.49. The van der Waals surface area contributed by atoms with Crippen LogP contribution in [0.5, 0.6) is 0 Å². The summed E-state index contributed by atoms with van der Waals surface area (Å²) in [5.74, 6) is 0. The standard InChI is InChI=1S/C29H33NS5/c1-3-5-7-9-11-20-17-22(19-30)32-28(20)25-15-13-23(33-25)24-14-16-26(34-24)29-21(18-27(31)35-29)12-10-8-6-4-2/h13-18,31H,3-12H2,1-2H3. The van der Waals surface area contributed by atoms with E-state index in [1.807, 2.05) is 34.0 Å². The number of thiophene rings is 4. The molecule has 0 bridgehead atoms. The Balaban J connectivity index is 1.52. The van der Waals surface area contributed by atoms with Crippen molar-refractivity contribution in [1.82, 2.24) is 0 Å². The average Bonchev–Trinajstić information content (AvgIpc) is 3.64. The topological polar surface area (TPSA) is 23.8 Å². The molecule has 0 atom stereocenters. The van der Waals surface area contributed by atoms with Crippen LogP contribution in [0.15, 0.2) is 40.6 Å². The van der Waals surface area contributed by atoms with Gasteiger partial charge in [0.05, 0.1) is 4.21 Å². The number of nitriles is 1. The van der Waals surface area contributed by atoms with Gasteiger partial charge in [-0.05, 0) is 73.2 Å². The molecule has 0 unspecified atom stereocenters. The Hall–Kier alpha value is -1.36. The summed E-state index contributed by atoms with van der Waals surface area (Å²) in [6, 6.07) is 15.8. The molecular weight excluding hydrogens is 523 g/mol. The fraction of sp³-hybridized carbons (Fsp3) is 0.414. The predicted octanol–water partition coefficient (Wildman–Crippen LogP) is 11.3. The lowest BCUT2D eigenvalue weighted by Crippen LogP contribution is -1.85. The Morgan fingerprint density at radius 3 is 1.71 bits per heavy atom. The SMILES string of the molecule is CCCCCCc1cc(S)sc1-c1ccc(-c2ccc(-c3sc(C#N)cc3CCCCCC)s2)s1. The lowest BCUT2D eigenvalue weighted by Gasteiger charge is -2.02. The summed E-state index contributed by atoms with van der Waals surface area (Å²) in [5, 5.41) is 9.49. The third kappa shape index (κ3) is 6.90. The largest absolute Gasteiger partial charge is 0.192 e. The second-order valence-electron chi connectivity index (χ2n) is 8.96. The molecule has 0 aliphatic heterocycles. The predicted molar refractivity (Wildman–Crippen MR) is 162 cm³/mol. The first-order valence-electron chi connectivity index (χ1n) is 12.7. The second kappa shape index (κ2) is 13.3. The van der Waals surface area contributed by atoms with Crippen molar-refractivity contribution in [2.24, 2.45) is 0 Å². The molecule has 0 spiro atoms.